The Balaban J connectivity index is 2.62. The lowest BCUT2D eigenvalue weighted by Gasteiger charge is -2.12. The zero-order chi connectivity index (χ0) is 14.6. The van der Waals surface area contributed by atoms with Crippen LogP contribution in [0.4, 0.5) is 18.2 Å². The Hall–Kier alpha value is -1.22. The molecule has 1 heterocycles. The lowest BCUT2D eigenvalue weighted by atomic mass is 10.4. The second-order valence-corrected chi connectivity index (χ2v) is 5.84. The van der Waals surface area contributed by atoms with Crippen molar-refractivity contribution in [2.45, 2.75) is 17.7 Å². The van der Waals surface area contributed by atoms with E-state index in [-0.39, 0.29) is 4.88 Å². The van der Waals surface area contributed by atoms with Gasteiger partial charge in [0.25, 0.3) is 0 Å². The Morgan fingerprint density at radius 1 is 1.42 bits per heavy atom. The number of thiophene rings is 1. The standard InChI is InChI=1S/C10H10F3NO3S2/c1-5(19-10(11,12)13)8(15)14-7-4-3-6(18-7)9(16)17-2/h3-5H,1-2H3,(H,14,15)/t5-/m1/s1. The number of amides is 1. The van der Waals surface area contributed by atoms with Crippen molar-refractivity contribution in [1.29, 1.82) is 0 Å². The van der Waals surface area contributed by atoms with Gasteiger partial charge in [0.2, 0.25) is 5.91 Å². The highest BCUT2D eigenvalue weighted by Gasteiger charge is 2.34. The van der Waals surface area contributed by atoms with E-state index >= 15 is 0 Å². The van der Waals surface area contributed by atoms with Crippen LogP contribution in [0.5, 0.6) is 0 Å². The third-order valence-corrected chi connectivity index (χ3v) is 3.73. The highest BCUT2D eigenvalue weighted by molar-refractivity contribution is 8.01. The van der Waals surface area contributed by atoms with Gasteiger partial charge in [-0.1, -0.05) is 0 Å². The Kier molecular flexibility index (Phi) is 5.24. The molecule has 0 fully saturated rings. The van der Waals surface area contributed by atoms with Crippen molar-refractivity contribution < 1.29 is 27.5 Å². The summed E-state index contributed by atoms with van der Waals surface area (Å²) in [5.41, 5.74) is -4.47. The first-order chi connectivity index (χ1) is 8.73. The SMILES string of the molecule is COC(=O)c1ccc(NC(=O)[C@@H](C)SC(F)(F)F)s1. The van der Waals surface area contributed by atoms with Crippen LogP contribution in [-0.4, -0.2) is 29.7 Å². The van der Waals surface area contributed by atoms with Gasteiger partial charge in [-0.25, -0.2) is 4.79 Å². The fraction of sp³-hybridized carbons (Fsp3) is 0.400. The van der Waals surface area contributed by atoms with Gasteiger partial charge in [0.1, 0.15) is 4.88 Å². The number of alkyl halides is 3. The molecule has 1 rings (SSSR count). The van der Waals surface area contributed by atoms with Gasteiger partial charge in [0.15, 0.2) is 0 Å². The normalized spacial score (nSPS) is 12.9. The number of carbonyl (C=O) groups excluding carboxylic acids is 2. The number of rotatable bonds is 4. The van der Waals surface area contributed by atoms with Gasteiger partial charge in [0.05, 0.1) is 17.4 Å². The summed E-state index contributed by atoms with van der Waals surface area (Å²) in [6.45, 7) is 1.16. The summed E-state index contributed by atoms with van der Waals surface area (Å²) >= 11 is 0.535. The summed E-state index contributed by atoms with van der Waals surface area (Å²) in [5.74, 6) is -1.34. The molecule has 1 N–H and O–H groups in total. The smallest absolute Gasteiger partial charge is 0.442 e. The number of methoxy groups -OCH3 is 1. The van der Waals surface area contributed by atoms with Gasteiger partial charge in [0, 0.05) is 0 Å². The maximum absolute atomic E-state index is 12.1. The van der Waals surface area contributed by atoms with Crippen molar-refractivity contribution in [2.24, 2.45) is 0 Å². The maximum Gasteiger partial charge on any atom is 0.442 e. The maximum atomic E-state index is 12.1. The van der Waals surface area contributed by atoms with Crippen molar-refractivity contribution in [1.82, 2.24) is 0 Å². The molecule has 1 atom stereocenters. The molecule has 0 aliphatic rings. The number of hydrogen-bond donors (Lipinski definition) is 1. The lowest BCUT2D eigenvalue weighted by molar-refractivity contribution is -0.115. The second kappa shape index (κ2) is 6.29. The van der Waals surface area contributed by atoms with Crippen molar-refractivity contribution in [2.75, 3.05) is 12.4 Å². The third kappa shape index (κ3) is 5.11. The molecule has 0 spiro atoms. The van der Waals surface area contributed by atoms with Crippen LogP contribution in [0.15, 0.2) is 12.1 Å². The minimum Gasteiger partial charge on any atom is -0.465 e. The molecule has 0 bridgehead atoms. The zero-order valence-corrected chi connectivity index (χ0v) is 11.5. The first kappa shape index (κ1) is 15.8. The number of ether oxygens (including phenoxy) is 1. The zero-order valence-electron chi connectivity index (χ0n) is 9.91. The first-order valence-corrected chi connectivity index (χ1v) is 6.66. The molecule has 9 heteroatoms. The monoisotopic (exact) mass is 313 g/mol. The van der Waals surface area contributed by atoms with Crippen molar-refractivity contribution in [3.8, 4) is 0 Å². The quantitative estimate of drug-likeness (QED) is 0.868. The van der Waals surface area contributed by atoms with Gasteiger partial charge in [-0.15, -0.1) is 11.3 Å². The van der Waals surface area contributed by atoms with Gasteiger partial charge < -0.3 is 10.1 Å². The Morgan fingerprint density at radius 2 is 2.05 bits per heavy atom. The van der Waals surface area contributed by atoms with Gasteiger partial charge in [-0.05, 0) is 30.8 Å². The number of thioether (sulfide) groups is 1. The van der Waals surface area contributed by atoms with Crippen molar-refractivity contribution in [3.63, 3.8) is 0 Å². The summed E-state index contributed by atoms with van der Waals surface area (Å²) in [6.07, 6.45) is 0. The fourth-order valence-electron chi connectivity index (χ4n) is 1.09. The van der Waals surface area contributed by atoms with Crippen LogP contribution >= 0.6 is 23.1 Å². The van der Waals surface area contributed by atoms with E-state index in [9.17, 15) is 22.8 Å². The molecular formula is C10H10F3NO3S2. The van der Waals surface area contributed by atoms with E-state index in [0.29, 0.717) is 5.00 Å². The van der Waals surface area contributed by atoms with E-state index < -0.39 is 34.4 Å². The second-order valence-electron chi connectivity index (χ2n) is 3.35. The number of carbonyl (C=O) groups is 2. The molecule has 0 aliphatic heterocycles. The van der Waals surface area contributed by atoms with Crippen LogP contribution in [0.1, 0.15) is 16.6 Å². The topological polar surface area (TPSA) is 55.4 Å². The molecule has 1 aromatic heterocycles. The highest BCUT2D eigenvalue weighted by Crippen LogP contribution is 2.34. The first-order valence-electron chi connectivity index (χ1n) is 4.96. The van der Waals surface area contributed by atoms with Gasteiger partial charge >= 0.3 is 11.5 Å². The average molecular weight is 313 g/mol. The summed E-state index contributed by atoms with van der Waals surface area (Å²) in [7, 11) is 1.21. The van der Waals surface area contributed by atoms with Gasteiger partial charge in [-0.3, -0.25) is 4.79 Å². The van der Waals surface area contributed by atoms with E-state index in [0.717, 1.165) is 18.3 Å². The molecule has 1 amide bonds. The van der Waals surface area contributed by atoms with Crippen LogP contribution < -0.4 is 5.32 Å². The molecule has 0 unspecified atom stereocenters. The number of anilines is 1. The summed E-state index contributed by atoms with van der Waals surface area (Å²) < 4.78 is 40.7. The van der Waals surface area contributed by atoms with E-state index in [1.165, 1.54) is 19.2 Å². The summed E-state index contributed by atoms with van der Waals surface area (Å²) in [4.78, 5) is 22.9. The number of nitrogens with one attached hydrogen (secondary N) is 1. The van der Waals surface area contributed by atoms with Crippen LogP contribution in [0.25, 0.3) is 0 Å². The molecule has 4 nitrogen and oxygen atoms in total. The molecule has 0 saturated heterocycles. The van der Waals surface area contributed by atoms with E-state index in [1.54, 1.807) is 0 Å². The molecule has 0 radical (unpaired) electrons. The van der Waals surface area contributed by atoms with Crippen LogP contribution in [0, 0.1) is 0 Å². The Bertz CT molecular complexity index is 473. The predicted octanol–water partition coefficient (Wildman–Crippen LogP) is 3.11. The molecule has 0 aromatic carbocycles. The molecule has 19 heavy (non-hydrogen) atoms. The number of esters is 1. The largest absolute Gasteiger partial charge is 0.465 e. The minimum atomic E-state index is -4.47. The Labute approximate surface area is 115 Å². The highest BCUT2D eigenvalue weighted by atomic mass is 32.2. The fourth-order valence-corrected chi connectivity index (χ4v) is 2.49. The molecule has 106 valence electrons. The summed E-state index contributed by atoms with van der Waals surface area (Å²) in [6, 6.07) is 2.85. The number of halogens is 3. The molecule has 0 aliphatic carbocycles. The van der Waals surface area contributed by atoms with E-state index in [4.69, 9.17) is 0 Å². The molecular weight excluding hydrogens is 303 g/mol. The average Bonchev–Trinajstić information content (AvgIpc) is 2.74. The van der Waals surface area contributed by atoms with Crippen LogP contribution in [0.3, 0.4) is 0 Å². The molecule has 1 aromatic rings. The Morgan fingerprint density at radius 3 is 2.58 bits per heavy atom. The van der Waals surface area contributed by atoms with Crippen molar-refractivity contribution >= 4 is 40.0 Å². The minimum absolute atomic E-state index is 0.258. The van der Waals surface area contributed by atoms with Crippen LogP contribution in [-0.2, 0) is 9.53 Å². The predicted molar refractivity (Wildman–Crippen MR) is 67.4 cm³/mol. The van der Waals surface area contributed by atoms with Gasteiger partial charge in [-0.2, -0.15) is 13.2 Å². The lowest BCUT2D eigenvalue weighted by Crippen LogP contribution is -2.25. The van der Waals surface area contributed by atoms with Crippen LogP contribution in [0.2, 0.25) is 0 Å². The molecule has 0 saturated carbocycles. The van der Waals surface area contributed by atoms with Crippen molar-refractivity contribution in [3.05, 3.63) is 17.0 Å². The van der Waals surface area contributed by atoms with E-state index in [2.05, 4.69) is 10.1 Å². The van der Waals surface area contributed by atoms with E-state index in [1.807, 2.05) is 0 Å². The summed E-state index contributed by atoms with van der Waals surface area (Å²) in [5, 5.41) is 1.33. The third-order valence-electron chi connectivity index (χ3n) is 1.92. The number of hydrogen-bond acceptors (Lipinski definition) is 5.